The number of nitrogens with zero attached hydrogens (tertiary/aromatic N) is 2. The maximum atomic E-state index is 12.5. The fourth-order valence-electron chi connectivity index (χ4n) is 1.37. The summed E-state index contributed by atoms with van der Waals surface area (Å²) in [4.78, 5) is 17.2. The van der Waals surface area contributed by atoms with E-state index in [1.165, 1.54) is 12.4 Å². The third kappa shape index (κ3) is 2.98. The molecule has 0 aromatic carbocycles. The third-order valence-corrected chi connectivity index (χ3v) is 2.85. The van der Waals surface area contributed by atoms with E-state index in [1.54, 1.807) is 5.38 Å². The van der Waals surface area contributed by atoms with Crippen LogP contribution in [0.25, 0.3) is 0 Å². The molecule has 0 saturated carbocycles. The van der Waals surface area contributed by atoms with Gasteiger partial charge in [0.15, 0.2) is 0 Å². The maximum Gasteiger partial charge on any atom is 0.319 e. The molecule has 0 spiro atoms. The Morgan fingerprint density at radius 1 is 1.53 bits per heavy atom. The molecule has 2 heterocycles. The van der Waals surface area contributed by atoms with Crippen molar-refractivity contribution in [3.63, 3.8) is 0 Å². The monoisotopic (exact) mass is 260 g/mol. The van der Waals surface area contributed by atoms with Crippen molar-refractivity contribution in [3.05, 3.63) is 39.0 Å². The number of nitrogens with one attached hydrogen (secondary N) is 2. The van der Waals surface area contributed by atoms with Crippen molar-refractivity contribution in [1.29, 1.82) is 0 Å². The second-order valence-electron chi connectivity index (χ2n) is 3.31. The number of hydrogen-bond acceptors (Lipinski definition) is 4. The Bertz CT molecular complexity index is 533. The lowest BCUT2D eigenvalue weighted by molar-refractivity contribution is 0.0666. The summed E-state index contributed by atoms with van der Waals surface area (Å²) < 4.78 is 25.7. The van der Waals surface area contributed by atoms with E-state index in [0.717, 1.165) is 21.6 Å². The van der Waals surface area contributed by atoms with Crippen LogP contribution in [0.3, 0.4) is 0 Å². The molecule has 0 aliphatic carbocycles. The molecule has 0 unspecified atom stereocenters. The average Bonchev–Trinajstić information content (AvgIpc) is 2.87. The highest BCUT2D eigenvalue weighted by atomic mass is 32.1. The molecule has 17 heavy (non-hydrogen) atoms. The first-order valence-electron chi connectivity index (χ1n) is 4.84. The Morgan fingerprint density at radius 2 is 2.35 bits per heavy atom. The van der Waals surface area contributed by atoms with Gasteiger partial charge in [-0.05, 0) is 0 Å². The number of imidazole rings is 1. The fourth-order valence-corrected chi connectivity index (χ4v) is 1.95. The standard InChI is InChI=1S/C9H10F2N4OS/c10-8(11)15-2-1-13-7(15)4-12-3-6-5-17-9(16)14-6/h1-2,5,8,12H,3-4H2,(H,14,16). The van der Waals surface area contributed by atoms with Crippen LogP contribution in [0.1, 0.15) is 18.1 Å². The van der Waals surface area contributed by atoms with Gasteiger partial charge < -0.3 is 10.3 Å². The minimum absolute atomic E-state index is 0.129. The summed E-state index contributed by atoms with van der Waals surface area (Å²) in [5.41, 5.74) is 0.732. The van der Waals surface area contributed by atoms with Crippen LogP contribution in [0.5, 0.6) is 0 Å². The van der Waals surface area contributed by atoms with Crippen LogP contribution in [-0.4, -0.2) is 14.5 Å². The molecule has 2 N–H and O–H groups in total. The number of rotatable bonds is 5. The zero-order valence-electron chi connectivity index (χ0n) is 8.69. The molecule has 0 aliphatic heterocycles. The second kappa shape index (κ2) is 5.19. The molecule has 92 valence electrons. The van der Waals surface area contributed by atoms with E-state index in [0.29, 0.717) is 6.54 Å². The maximum absolute atomic E-state index is 12.5. The van der Waals surface area contributed by atoms with Gasteiger partial charge in [0, 0.05) is 30.0 Å². The van der Waals surface area contributed by atoms with Crippen molar-refractivity contribution < 1.29 is 8.78 Å². The molecular formula is C9H10F2N4OS. The number of halogens is 2. The molecule has 0 fully saturated rings. The van der Waals surface area contributed by atoms with Gasteiger partial charge >= 0.3 is 11.4 Å². The molecule has 8 heteroatoms. The predicted molar refractivity (Wildman–Crippen MR) is 59.0 cm³/mol. The average molecular weight is 260 g/mol. The molecule has 2 aromatic rings. The first-order valence-corrected chi connectivity index (χ1v) is 5.72. The number of alkyl halides is 2. The lowest BCUT2D eigenvalue weighted by Crippen LogP contribution is -2.17. The summed E-state index contributed by atoms with van der Waals surface area (Å²) in [5, 5.41) is 4.62. The highest BCUT2D eigenvalue weighted by Gasteiger charge is 2.10. The first kappa shape index (κ1) is 11.9. The molecule has 0 amide bonds. The van der Waals surface area contributed by atoms with Crippen LogP contribution in [0.4, 0.5) is 8.78 Å². The number of thiazole rings is 1. The summed E-state index contributed by atoms with van der Waals surface area (Å²) >= 11 is 1.07. The van der Waals surface area contributed by atoms with E-state index < -0.39 is 6.55 Å². The van der Waals surface area contributed by atoms with Gasteiger partial charge in [-0.2, -0.15) is 8.78 Å². The van der Waals surface area contributed by atoms with Gasteiger partial charge in [0.2, 0.25) is 0 Å². The molecule has 0 aliphatic rings. The van der Waals surface area contributed by atoms with Crippen LogP contribution >= 0.6 is 11.3 Å². The van der Waals surface area contributed by atoms with E-state index in [2.05, 4.69) is 15.3 Å². The lowest BCUT2D eigenvalue weighted by Gasteiger charge is -2.06. The van der Waals surface area contributed by atoms with Crippen molar-refractivity contribution >= 4 is 11.3 Å². The summed E-state index contributed by atoms with van der Waals surface area (Å²) in [6.07, 6.45) is 2.56. The largest absolute Gasteiger partial charge is 0.319 e. The smallest absolute Gasteiger partial charge is 0.315 e. The van der Waals surface area contributed by atoms with Gasteiger partial charge in [-0.3, -0.25) is 9.36 Å². The third-order valence-electron chi connectivity index (χ3n) is 2.13. The number of hydrogen-bond donors (Lipinski definition) is 2. The Balaban J connectivity index is 1.90. The predicted octanol–water partition coefficient (Wildman–Crippen LogP) is 1.32. The SMILES string of the molecule is O=c1[nH]c(CNCc2nccn2C(F)F)cs1. The van der Waals surface area contributed by atoms with Gasteiger partial charge in [-0.1, -0.05) is 11.3 Å². The summed E-state index contributed by atoms with van der Waals surface area (Å²) in [6, 6.07) is 0. The molecule has 5 nitrogen and oxygen atoms in total. The molecule has 2 aromatic heterocycles. The molecule has 0 radical (unpaired) electrons. The van der Waals surface area contributed by atoms with Crippen molar-refractivity contribution in [1.82, 2.24) is 19.9 Å². The highest BCUT2D eigenvalue weighted by molar-refractivity contribution is 7.07. The fraction of sp³-hybridized carbons (Fsp3) is 0.333. The zero-order chi connectivity index (χ0) is 12.3. The van der Waals surface area contributed by atoms with Gasteiger partial charge in [0.05, 0.1) is 6.54 Å². The van der Waals surface area contributed by atoms with E-state index in [4.69, 9.17) is 0 Å². The van der Waals surface area contributed by atoms with E-state index in [9.17, 15) is 13.6 Å². The molecule has 0 bridgehead atoms. The van der Waals surface area contributed by atoms with Gasteiger partial charge in [0.25, 0.3) is 0 Å². The van der Waals surface area contributed by atoms with Gasteiger partial charge in [-0.15, -0.1) is 0 Å². The molecule has 2 rings (SSSR count). The minimum Gasteiger partial charge on any atom is -0.315 e. The summed E-state index contributed by atoms with van der Waals surface area (Å²) in [7, 11) is 0. The molecule has 0 atom stereocenters. The van der Waals surface area contributed by atoms with Crippen molar-refractivity contribution in [2.75, 3.05) is 0 Å². The van der Waals surface area contributed by atoms with Crippen molar-refractivity contribution in [3.8, 4) is 0 Å². The number of aromatic amines is 1. The Hall–Kier alpha value is -1.54. The summed E-state index contributed by atoms with van der Waals surface area (Å²) in [5.74, 6) is 0.262. The highest BCUT2D eigenvalue weighted by Crippen LogP contribution is 2.11. The number of H-pyrrole nitrogens is 1. The van der Waals surface area contributed by atoms with E-state index in [-0.39, 0.29) is 17.2 Å². The van der Waals surface area contributed by atoms with Crippen molar-refractivity contribution in [2.24, 2.45) is 0 Å². The van der Waals surface area contributed by atoms with Crippen LogP contribution < -0.4 is 10.2 Å². The molecule has 0 saturated heterocycles. The second-order valence-corrected chi connectivity index (χ2v) is 4.15. The van der Waals surface area contributed by atoms with E-state index in [1.807, 2.05) is 0 Å². The topological polar surface area (TPSA) is 62.7 Å². The Morgan fingerprint density at radius 3 is 3.00 bits per heavy atom. The van der Waals surface area contributed by atoms with Crippen LogP contribution in [0, 0.1) is 0 Å². The van der Waals surface area contributed by atoms with Crippen LogP contribution in [0.15, 0.2) is 22.6 Å². The zero-order valence-corrected chi connectivity index (χ0v) is 9.51. The van der Waals surface area contributed by atoms with Crippen LogP contribution in [-0.2, 0) is 13.1 Å². The quantitative estimate of drug-likeness (QED) is 0.852. The first-order chi connectivity index (χ1) is 8.16. The lowest BCUT2D eigenvalue weighted by atomic mass is 10.4. The Labute approximate surface area is 99.1 Å². The van der Waals surface area contributed by atoms with Crippen molar-refractivity contribution in [2.45, 2.75) is 19.6 Å². The van der Waals surface area contributed by atoms with Gasteiger partial charge in [-0.25, -0.2) is 4.98 Å². The van der Waals surface area contributed by atoms with E-state index >= 15 is 0 Å². The summed E-state index contributed by atoms with van der Waals surface area (Å²) in [6.45, 7) is -1.96. The number of aromatic nitrogens is 3. The Kier molecular flexibility index (Phi) is 3.64. The van der Waals surface area contributed by atoms with Gasteiger partial charge in [0.1, 0.15) is 5.82 Å². The van der Waals surface area contributed by atoms with Crippen LogP contribution in [0.2, 0.25) is 0 Å². The minimum atomic E-state index is -2.59. The molecular weight excluding hydrogens is 250 g/mol. The normalized spacial score (nSPS) is 11.2.